The van der Waals surface area contributed by atoms with Gasteiger partial charge >= 0.3 is 0 Å². The topological polar surface area (TPSA) is 37.8 Å². The maximum absolute atomic E-state index is 6.06. The Bertz CT molecular complexity index is 386. The van der Waals surface area contributed by atoms with E-state index in [1.165, 1.54) is 32.1 Å². The number of nitrogens with zero attached hydrogens (tertiary/aromatic N) is 2. The predicted octanol–water partition coefficient (Wildman–Crippen LogP) is 3.74. The minimum Gasteiger partial charge on any atom is -0.367 e. The van der Waals surface area contributed by atoms with Crippen LogP contribution in [0.5, 0.6) is 0 Å². The molecule has 1 heterocycles. The van der Waals surface area contributed by atoms with Gasteiger partial charge in [-0.15, -0.1) is 0 Å². The van der Waals surface area contributed by atoms with Crippen molar-refractivity contribution in [3.63, 3.8) is 0 Å². The van der Waals surface area contributed by atoms with Gasteiger partial charge in [-0.05, 0) is 26.2 Å². The highest BCUT2D eigenvalue weighted by molar-refractivity contribution is 6.31. The van der Waals surface area contributed by atoms with Crippen LogP contribution in [0.2, 0.25) is 5.15 Å². The summed E-state index contributed by atoms with van der Waals surface area (Å²) in [5.41, 5.74) is 1.84. The van der Waals surface area contributed by atoms with E-state index in [0.29, 0.717) is 5.15 Å². The van der Waals surface area contributed by atoms with E-state index in [1.54, 1.807) is 0 Å². The molecule has 1 aromatic heterocycles. The van der Waals surface area contributed by atoms with Gasteiger partial charge in [-0.1, -0.05) is 37.3 Å². The van der Waals surface area contributed by atoms with Crippen molar-refractivity contribution in [2.45, 2.75) is 46.0 Å². The van der Waals surface area contributed by atoms with Crippen LogP contribution in [-0.2, 0) is 0 Å². The highest BCUT2D eigenvalue weighted by Gasteiger charge is 2.14. The molecule has 2 rings (SSSR count). The molecule has 1 N–H and O–H groups in total. The van der Waals surface area contributed by atoms with E-state index in [1.807, 2.05) is 13.8 Å². The van der Waals surface area contributed by atoms with Crippen molar-refractivity contribution in [2.75, 3.05) is 11.9 Å². The van der Waals surface area contributed by atoms with Gasteiger partial charge in [-0.2, -0.15) is 0 Å². The third-order valence-corrected chi connectivity index (χ3v) is 3.85. The molecule has 0 amide bonds. The number of hydrogen-bond acceptors (Lipinski definition) is 3. The molecule has 1 aromatic rings. The molecule has 4 heteroatoms. The summed E-state index contributed by atoms with van der Waals surface area (Å²) in [7, 11) is 0. The van der Waals surface area contributed by atoms with Gasteiger partial charge in [-0.25, -0.2) is 9.97 Å². The molecule has 0 saturated heterocycles. The van der Waals surface area contributed by atoms with Crippen LogP contribution in [0.25, 0.3) is 0 Å². The number of aromatic nitrogens is 2. The summed E-state index contributed by atoms with van der Waals surface area (Å²) in [5.74, 6) is 1.62. The van der Waals surface area contributed by atoms with Crippen molar-refractivity contribution >= 4 is 17.4 Å². The van der Waals surface area contributed by atoms with Crippen LogP contribution in [0.3, 0.4) is 0 Å². The lowest BCUT2D eigenvalue weighted by Gasteiger charge is -2.12. The van der Waals surface area contributed by atoms with Crippen LogP contribution in [0, 0.1) is 19.8 Å². The summed E-state index contributed by atoms with van der Waals surface area (Å²) in [6.45, 7) is 4.83. The molecule has 0 bridgehead atoms. The van der Waals surface area contributed by atoms with E-state index in [4.69, 9.17) is 11.6 Å². The SMILES string of the molecule is Cc1nc(Cl)c(NCCC2CCCC2)nc1C. The van der Waals surface area contributed by atoms with Gasteiger partial charge in [0.2, 0.25) is 0 Å². The van der Waals surface area contributed by atoms with Crippen molar-refractivity contribution in [3.8, 4) is 0 Å². The number of halogens is 1. The lowest BCUT2D eigenvalue weighted by atomic mass is 10.0. The van der Waals surface area contributed by atoms with Crippen molar-refractivity contribution < 1.29 is 0 Å². The average Bonchev–Trinajstić information content (AvgIpc) is 2.78. The number of nitrogens with one attached hydrogen (secondary N) is 1. The Morgan fingerprint density at radius 1 is 1.18 bits per heavy atom. The first kappa shape index (κ1) is 12.6. The molecule has 1 aliphatic rings. The Hall–Kier alpha value is -0.830. The third kappa shape index (κ3) is 3.32. The largest absolute Gasteiger partial charge is 0.367 e. The van der Waals surface area contributed by atoms with Crippen LogP contribution < -0.4 is 5.32 Å². The highest BCUT2D eigenvalue weighted by atomic mass is 35.5. The Kier molecular flexibility index (Phi) is 4.21. The monoisotopic (exact) mass is 253 g/mol. The van der Waals surface area contributed by atoms with E-state index in [0.717, 1.165) is 29.7 Å². The van der Waals surface area contributed by atoms with E-state index in [2.05, 4.69) is 15.3 Å². The Labute approximate surface area is 108 Å². The number of anilines is 1. The van der Waals surface area contributed by atoms with Gasteiger partial charge in [-0.3, -0.25) is 0 Å². The summed E-state index contributed by atoms with van der Waals surface area (Å²) < 4.78 is 0. The molecule has 1 aliphatic carbocycles. The molecule has 0 unspecified atom stereocenters. The average molecular weight is 254 g/mol. The Balaban J connectivity index is 1.87. The second-order valence-electron chi connectivity index (χ2n) is 4.90. The molecule has 94 valence electrons. The van der Waals surface area contributed by atoms with Crippen molar-refractivity contribution in [1.82, 2.24) is 9.97 Å². The molecular weight excluding hydrogens is 234 g/mol. The first-order valence-electron chi connectivity index (χ1n) is 6.41. The second kappa shape index (κ2) is 5.67. The van der Waals surface area contributed by atoms with Crippen LogP contribution >= 0.6 is 11.6 Å². The number of aryl methyl sites for hydroxylation is 2. The third-order valence-electron chi connectivity index (χ3n) is 3.58. The van der Waals surface area contributed by atoms with Crippen molar-refractivity contribution in [2.24, 2.45) is 5.92 Å². The predicted molar refractivity (Wildman–Crippen MR) is 71.6 cm³/mol. The maximum Gasteiger partial charge on any atom is 0.171 e. The van der Waals surface area contributed by atoms with Crippen molar-refractivity contribution in [1.29, 1.82) is 0 Å². The summed E-state index contributed by atoms with van der Waals surface area (Å²) >= 11 is 6.06. The fraction of sp³-hybridized carbons (Fsp3) is 0.692. The fourth-order valence-electron chi connectivity index (χ4n) is 2.38. The van der Waals surface area contributed by atoms with Crippen LogP contribution in [0.15, 0.2) is 0 Å². The Morgan fingerprint density at radius 2 is 1.82 bits per heavy atom. The van der Waals surface area contributed by atoms with E-state index < -0.39 is 0 Å². The van der Waals surface area contributed by atoms with Crippen LogP contribution in [0.1, 0.15) is 43.5 Å². The zero-order valence-corrected chi connectivity index (χ0v) is 11.3. The highest BCUT2D eigenvalue weighted by Crippen LogP contribution is 2.27. The second-order valence-corrected chi connectivity index (χ2v) is 5.26. The molecular formula is C13H20ClN3. The van der Waals surface area contributed by atoms with Gasteiger partial charge < -0.3 is 5.32 Å². The fourth-order valence-corrected chi connectivity index (χ4v) is 2.62. The molecule has 0 spiro atoms. The van der Waals surface area contributed by atoms with Gasteiger partial charge in [0.05, 0.1) is 11.4 Å². The standard InChI is InChI=1S/C13H20ClN3/c1-9-10(2)17-13(12(14)16-9)15-8-7-11-5-3-4-6-11/h11H,3-8H2,1-2H3,(H,15,17). The quantitative estimate of drug-likeness (QED) is 0.888. The van der Waals surface area contributed by atoms with E-state index in [-0.39, 0.29) is 0 Å². The summed E-state index contributed by atoms with van der Waals surface area (Å²) in [6.07, 6.45) is 6.77. The van der Waals surface area contributed by atoms with Crippen LogP contribution in [-0.4, -0.2) is 16.5 Å². The first-order valence-corrected chi connectivity index (χ1v) is 6.79. The van der Waals surface area contributed by atoms with Gasteiger partial charge in [0.25, 0.3) is 0 Å². The molecule has 0 atom stereocenters. The number of rotatable bonds is 4. The zero-order chi connectivity index (χ0) is 12.3. The lowest BCUT2D eigenvalue weighted by molar-refractivity contribution is 0.518. The molecule has 1 fully saturated rings. The van der Waals surface area contributed by atoms with Crippen LogP contribution in [0.4, 0.5) is 5.82 Å². The maximum atomic E-state index is 6.06. The van der Waals surface area contributed by atoms with Crippen molar-refractivity contribution in [3.05, 3.63) is 16.5 Å². The summed E-state index contributed by atoms with van der Waals surface area (Å²) in [4.78, 5) is 8.69. The normalized spacial score (nSPS) is 16.4. The first-order chi connectivity index (χ1) is 8.16. The molecule has 0 radical (unpaired) electrons. The molecule has 17 heavy (non-hydrogen) atoms. The van der Waals surface area contributed by atoms with Gasteiger partial charge in [0.1, 0.15) is 0 Å². The minimum absolute atomic E-state index is 0.486. The lowest BCUT2D eigenvalue weighted by Crippen LogP contribution is -2.09. The molecule has 0 aromatic carbocycles. The van der Waals surface area contributed by atoms with E-state index >= 15 is 0 Å². The zero-order valence-electron chi connectivity index (χ0n) is 10.6. The summed E-state index contributed by atoms with van der Waals surface area (Å²) in [6, 6.07) is 0. The summed E-state index contributed by atoms with van der Waals surface area (Å²) in [5, 5.41) is 3.79. The van der Waals surface area contributed by atoms with Gasteiger partial charge in [0.15, 0.2) is 11.0 Å². The van der Waals surface area contributed by atoms with Gasteiger partial charge in [0, 0.05) is 6.54 Å². The molecule has 3 nitrogen and oxygen atoms in total. The smallest absolute Gasteiger partial charge is 0.171 e. The molecule has 1 saturated carbocycles. The molecule has 0 aliphatic heterocycles. The minimum atomic E-state index is 0.486. The van der Waals surface area contributed by atoms with E-state index in [9.17, 15) is 0 Å². The number of hydrogen-bond donors (Lipinski definition) is 1. The Morgan fingerprint density at radius 3 is 2.53 bits per heavy atom.